The molecule has 0 aromatic rings. The monoisotopic (exact) mass is 308 g/mol. The first-order chi connectivity index (χ1) is 10.5. The molecule has 22 heavy (non-hydrogen) atoms. The number of likely N-dealkylation sites (tertiary alicyclic amines) is 1. The van der Waals surface area contributed by atoms with Crippen LogP contribution in [0.4, 0.5) is 0 Å². The van der Waals surface area contributed by atoms with Gasteiger partial charge in [-0.3, -0.25) is 4.90 Å². The van der Waals surface area contributed by atoms with Crippen molar-refractivity contribution in [3.8, 4) is 0 Å². The summed E-state index contributed by atoms with van der Waals surface area (Å²) in [4.78, 5) is 5.59. The van der Waals surface area contributed by atoms with E-state index in [1.54, 1.807) is 0 Å². The molecule has 2 fully saturated rings. The fraction of sp³-hybridized carbons (Fsp3) is 1.00. The van der Waals surface area contributed by atoms with E-state index in [0.29, 0.717) is 6.04 Å². The highest BCUT2D eigenvalue weighted by atomic mass is 15.2. The van der Waals surface area contributed by atoms with E-state index in [2.05, 4.69) is 44.4 Å². The number of rotatable bonds is 6. The third kappa shape index (κ3) is 4.71. The van der Waals surface area contributed by atoms with Crippen LogP contribution in [0.15, 0.2) is 0 Å². The van der Waals surface area contributed by atoms with Crippen LogP contribution in [0.2, 0.25) is 0 Å². The van der Waals surface area contributed by atoms with Crippen molar-refractivity contribution in [3.05, 3.63) is 0 Å². The molecule has 1 saturated carbocycles. The van der Waals surface area contributed by atoms with Gasteiger partial charge in [0.05, 0.1) is 0 Å². The standard InChI is InChI=1S/C20H40N2/c1-6-13-21-14-11-20(12-15-21)22(17(4)5)19-9-7-18(8-10-19)16(2)3/h16-20H,6-15H2,1-5H3. The van der Waals surface area contributed by atoms with Gasteiger partial charge < -0.3 is 4.90 Å². The Morgan fingerprint density at radius 2 is 1.41 bits per heavy atom. The second-order valence-corrected chi connectivity index (χ2v) is 8.43. The zero-order valence-electron chi connectivity index (χ0n) is 15.9. The largest absolute Gasteiger partial charge is 0.303 e. The molecule has 0 N–H and O–H groups in total. The van der Waals surface area contributed by atoms with Gasteiger partial charge in [0, 0.05) is 18.1 Å². The molecule has 1 aliphatic heterocycles. The molecule has 0 amide bonds. The lowest BCUT2D eigenvalue weighted by Crippen LogP contribution is -2.52. The van der Waals surface area contributed by atoms with Crippen molar-refractivity contribution in [2.24, 2.45) is 11.8 Å². The summed E-state index contributed by atoms with van der Waals surface area (Å²) in [5, 5.41) is 0. The first-order valence-corrected chi connectivity index (χ1v) is 10.0. The van der Waals surface area contributed by atoms with Gasteiger partial charge in [-0.2, -0.15) is 0 Å². The lowest BCUT2D eigenvalue weighted by Gasteiger charge is -2.47. The minimum Gasteiger partial charge on any atom is -0.303 e. The molecule has 2 nitrogen and oxygen atoms in total. The summed E-state index contributed by atoms with van der Waals surface area (Å²) in [7, 11) is 0. The average Bonchev–Trinajstić information content (AvgIpc) is 2.50. The van der Waals surface area contributed by atoms with Crippen molar-refractivity contribution in [3.63, 3.8) is 0 Å². The summed E-state index contributed by atoms with van der Waals surface area (Å²) >= 11 is 0. The quantitative estimate of drug-likeness (QED) is 0.696. The molecule has 0 aromatic carbocycles. The third-order valence-corrected chi connectivity index (χ3v) is 6.22. The van der Waals surface area contributed by atoms with Gasteiger partial charge in [-0.15, -0.1) is 0 Å². The predicted molar refractivity (Wildman–Crippen MR) is 97.3 cm³/mol. The second-order valence-electron chi connectivity index (χ2n) is 8.43. The molecule has 2 heteroatoms. The highest BCUT2D eigenvalue weighted by Gasteiger charge is 2.34. The topological polar surface area (TPSA) is 6.48 Å². The molecule has 0 aromatic heterocycles. The van der Waals surface area contributed by atoms with Crippen LogP contribution < -0.4 is 0 Å². The Morgan fingerprint density at radius 1 is 0.864 bits per heavy atom. The average molecular weight is 309 g/mol. The zero-order valence-corrected chi connectivity index (χ0v) is 15.9. The lowest BCUT2D eigenvalue weighted by molar-refractivity contribution is 0.0230. The van der Waals surface area contributed by atoms with Crippen molar-refractivity contribution < 1.29 is 0 Å². The summed E-state index contributed by atoms with van der Waals surface area (Å²) in [5.41, 5.74) is 0. The Labute approximate surface area is 139 Å². The van der Waals surface area contributed by atoms with E-state index in [4.69, 9.17) is 0 Å². The van der Waals surface area contributed by atoms with E-state index in [0.717, 1.165) is 23.9 Å². The molecular weight excluding hydrogens is 268 g/mol. The van der Waals surface area contributed by atoms with Crippen LogP contribution >= 0.6 is 0 Å². The fourth-order valence-corrected chi connectivity index (χ4v) is 4.97. The van der Waals surface area contributed by atoms with Crippen molar-refractivity contribution >= 4 is 0 Å². The lowest BCUT2D eigenvalue weighted by atomic mass is 9.78. The van der Waals surface area contributed by atoms with Gasteiger partial charge >= 0.3 is 0 Å². The molecule has 0 bridgehead atoms. The van der Waals surface area contributed by atoms with E-state index in [1.807, 2.05) is 0 Å². The van der Waals surface area contributed by atoms with Crippen molar-refractivity contribution in [2.75, 3.05) is 19.6 Å². The molecule has 130 valence electrons. The number of nitrogens with zero attached hydrogens (tertiary/aromatic N) is 2. The summed E-state index contributed by atoms with van der Waals surface area (Å²) in [6.45, 7) is 15.9. The molecule has 1 heterocycles. The summed E-state index contributed by atoms with van der Waals surface area (Å²) < 4.78 is 0. The van der Waals surface area contributed by atoms with E-state index < -0.39 is 0 Å². The molecule has 0 unspecified atom stereocenters. The van der Waals surface area contributed by atoms with Crippen molar-refractivity contribution in [1.29, 1.82) is 0 Å². The highest BCUT2D eigenvalue weighted by Crippen LogP contribution is 2.35. The SMILES string of the molecule is CCCN1CCC(N(C(C)C)C2CCC(C(C)C)CC2)CC1. The maximum absolute atomic E-state index is 2.92. The summed E-state index contributed by atoms with van der Waals surface area (Å²) in [6, 6.07) is 2.41. The first kappa shape index (κ1) is 18.3. The first-order valence-electron chi connectivity index (χ1n) is 10.0. The van der Waals surface area contributed by atoms with Crippen LogP contribution in [0.3, 0.4) is 0 Å². The third-order valence-electron chi connectivity index (χ3n) is 6.22. The minimum atomic E-state index is 0.711. The Bertz CT molecular complexity index is 297. The second kappa shape index (κ2) is 8.68. The van der Waals surface area contributed by atoms with Crippen LogP contribution in [0.5, 0.6) is 0 Å². The molecule has 0 radical (unpaired) electrons. The number of piperidine rings is 1. The van der Waals surface area contributed by atoms with Crippen LogP contribution in [0.1, 0.15) is 79.6 Å². The number of hydrogen-bond donors (Lipinski definition) is 0. The van der Waals surface area contributed by atoms with Gasteiger partial charge in [0.1, 0.15) is 0 Å². The van der Waals surface area contributed by atoms with Crippen molar-refractivity contribution in [1.82, 2.24) is 9.80 Å². The van der Waals surface area contributed by atoms with Gasteiger partial charge in [0.15, 0.2) is 0 Å². The maximum Gasteiger partial charge on any atom is 0.0125 e. The fourth-order valence-electron chi connectivity index (χ4n) is 4.97. The van der Waals surface area contributed by atoms with Gasteiger partial charge in [-0.05, 0) is 90.3 Å². The Balaban J connectivity index is 1.88. The molecule has 1 saturated heterocycles. The normalized spacial score (nSPS) is 28.9. The van der Waals surface area contributed by atoms with Gasteiger partial charge in [0.25, 0.3) is 0 Å². The van der Waals surface area contributed by atoms with E-state index in [9.17, 15) is 0 Å². The zero-order chi connectivity index (χ0) is 16.1. The molecular formula is C20H40N2. The Kier molecular flexibility index (Phi) is 7.21. The van der Waals surface area contributed by atoms with Crippen LogP contribution in [-0.2, 0) is 0 Å². The van der Waals surface area contributed by atoms with Crippen molar-refractivity contribution in [2.45, 2.75) is 97.7 Å². The number of hydrogen-bond acceptors (Lipinski definition) is 2. The summed E-state index contributed by atoms with van der Waals surface area (Å²) in [6.07, 6.45) is 9.88. The van der Waals surface area contributed by atoms with E-state index in [1.165, 1.54) is 64.6 Å². The van der Waals surface area contributed by atoms with E-state index >= 15 is 0 Å². The van der Waals surface area contributed by atoms with Crippen LogP contribution in [0, 0.1) is 11.8 Å². The van der Waals surface area contributed by atoms with Crippen LogP contribution in [0.25, 0.3) is 0 Å². The smallest absolute Gasteiger partial charge is 0.0125 e. The van der Waals surface area contributed by atoms with Gasteiger partial charge in [-0.1, -0.05) is 20.8 Å². The molecule has 2 aliphatic rings. The van der Waals surface area contributed by atoms with Gasteiger partial charge in [0.2, 0.25) is 0 Å². The Morgan fingerprint density at radius 3 is 1.86 bits per heavy atom. The predicted octanol–water partition coefficient (Wildman–Crippen LogP) is 4.79. The summed E-state index contributed by atoms with van der Waals surface area (Å²) in [5.74, 6) is 1.86. The van der Waals surface area contributed by atoms with Crippen LogP contribution in [-0.4, -0.2) is 47.6 Å². The minimum absolute atomic E-state index is 0.711. The highest BCUT2D eigenvalue weighted by molar-refractivity contribution is 4.89. The van der Waals surface area contributed by atoms with Gasteiger partial charge in [-0.25, -0.2) is 0 Å². The molecule has 1 aliphatic carbocycles. The van der Waals surface area contributed by atoms with E-state index in [-0.39, 0.29) is 0 Å². The maximum atomic E-state index is 2.92. The molecule has 0 spiro atoms. The molecule has 2 rings (SSSR count). The Hall–Kier alpha value is -0.0800. The molecule has 0 atom stereocenters.